The van der Waals surface area contributed by atoms with E-state index in [1.165, 1.54) is 10.9 Å². The Morgan fingerprint density at radius 2 is 2.40 bits per heavy atom. The minimum atomic E-state index is 0.596. The first-order valence-corrected chi connectivity index (χ1v) is 2.94. The van der Waals surface area contributed by atoms with Gasteiger partial charge in [-0.3, -0.25) is 0 Å². The molecule has 0 saturated carbocycles. The third kappa shape index (κ3) is 1.10. The van der Waals surface area contributed by atoms with Crippen molar-refractivity contribution >= 4 is 12.0 Å². The van der Waals surface area contributed by atoms with E-state index in [0.717, 1.165) is 5.69 Å². The largest absolute Gasteiger partial charge is 0.403 e. The molecule has 0 unspecified atom stereocenters. The van der Waals surface area contributed by atoms with Crippen molar-refractivity contribution < 1.29 is 0 Å². The first-order valence-electron chi connectivity index (χ1n) is 2.94. The molecule has 1 aromatic rings. The summed E-state index contributed by atoms with van der Waals surface area (Å²) in [6.45, 7) is 1.87. The summed E-state index contributed by atoms with van der Waals surface area (Å²) in [5, 5.41) is 4.02. The average Bonchev–Trinajstić information content (AvgIpc) is 2.13. The molecule has 1 heterocycles. The Hall–Kier alpha value is -1.45. The van der Waals surface area contributed by atoms with Gasteiger partial charge < -0.3 is 11.5 Å². The summed E-state index contributed by atoms with van der Waals surface area (Å²) in [6.07, 6.45) is 2.99. The van der Waals surface area contributed by atoms with Gasteiger partial charge in [-0.25, -0.2) is 4.68 Å². The van der Waals surface area contributed by atoms with Crippen LogP contribution in [-0.2, 0) is 0 Å². The Balaban J connectivity index is 3.03. The highest BCUT2D eigenvalue weighted by Gasteiger charge is 1.95. The van der Waals surface area contributed by atoms with E-state index in [9.17, 15) is 0 Å². The van der Waals surface area contributed by atoms with Crippen LogP contribution in [0, 0.1) is 6.92 Å². The molecule has 0 fully saturated rings. The van der Waals surface area contributed by atoms with E-state index in [2.05, 4.69) is 5.10 Å². The average molecular weight is 138 g/mol. The van der Waals surface area contributed by atoms with Crippen LogP contribution >= 0.6 is 0 Å². The number of aromatic nitrogens is 2. The van der Waals surface area contributed by atoms with E-state index >= 15 is 0 Å². The van der Waals surface area contributed by atoms with E-state index in [0.29, 0.717) is 5.82 Å². The van der Waals surface area contributed by atoms with Crippen molar-refractivity contribution in [1.29, 1.82) is 0 Å². The molecule has 4 N–H and O–H groups in total. The Morgan fingerprint density at radius 3 is 2.80 bits per heavy atom. The van der Waals surface area contributed by atoms with E-state index in [1.807, 2.05) is 6.92 Å². The van der Waals surface area contributed by atoms with Gasteiger partial charge >= 0.3 is 0 Å². The Morgan fingerprint density at radius 1 is 1.70 bits per heavy atom. The number of nitrogen functional groups attached to an aromatic ring is 1. The van der Waals surface area contributed by atoms with Gasteiger partial charge in [0.1, 0.15) is 5.82 Å². The zero-order valence-corrected chi connectivity index (χ0v) is 5.78. The maximum absolute atomic E-state index is 5.52. The molecule has 0 radical (unpaired) electrons. The molecule has 1 rings (SSSR count). The molecule has 0 aliphatic rings. The standard InChI is InChI=1S/C6H10N4/c1-5-4-6(8)10(9-5)3-2-7/h2-4H,7-8H2,1H3/b3-2-. The van der Waals surface area contributed by atoms with Gasteiger partial charge in [-0.15, -0.1) is 0 Å². The first kappa shape index (κ1) is 6.67. The van der Waals surface area contributed by atoms with Crippen LogP contribution in [0.25, 0.3) is 6.20 Å². The van der Waals surface area contributed by atoms with E-state index < -0.39 is 0 Å². The molecule has 10 heavy (non-hydrogen) atoms. The number of hydrogen-bond donors (Lipinski definition) is 2. The van der Waals surface area contributed by atoms with Crippen LogP contribution < -0.4 is 11.5 Å². The molecule has 0 aromatic carbocycles. The molecule has 0 bridgehead atoms. The molecule has 0 amide bonds. The highest BCUT2D eigenvalue weighted by atomic mass is 15.3. The van der Waals surface area contributed by atoms with Crippen molar-refractivity contribution in [2.45, 2.75) is 6.92 Å². The van der Waals surface area contributed by atoms with E-state index in [4.69, 9.17) is 11.5 Å². The summed E-state index contributed by atoms with van der Waals surface area (Å²) in [4.78, 5) is 0. The third-order valence-corrected chi connectivity index (χ3v) is 1.11. The second kappa shape index (κ2) is 2.43. The highest BCUT2D eigenvalue weighted by Crippen LogP contribution is 2.04. The summed E-state index contributed by atoms with van der Waals surface area (Å²) < 4.78 is 1.52. The Bertz CT molecular complexity index is 248. The van der Waals surface area contributed by atoms with Crippen molar-refractivity contribution in [2.24, 2.45) is 5.73 Å². The summed E-state index contributed by atoms with van der Waals surface area (Å²) in [7, 11) is 0. The quantitative estimate of drug-likeness (QED) is 0.580. The van der Waals surface area contributed by atoms with E-state index in [1.54, 1.807) is 12.3 Å². The van der Waals surface area contributed by atoms with Crippen molar-refractivity contribution in [3.8, 4) is 0 Å². The number of hydrogen-bond acceptors (Lipinski definition) is 3. The second-order valence-electron chi connectivity index (χ2n) is 2.00. The molecule has 54 valence electrons. The lowest BCUT2D eigenvalue weighted by Gasteiger charge is -1.91. The summed E-state index contributed by atoms with van der Waals surface area (Å²) in [6, 6.07) is 1.78. The van der Waals surface area contributed by atoms with Crippen molar-refractivity contribution in [3.63, 3.8) is 0 Å². The monoisotopic (exact) mass is 138 g/mol. The molecular weight excluding hydrogens is 128 g/mol. The lowest BCUT2D eigenvalue weighted by Crippen LogP contribution is -1.97. The summed E-state index contributed by atoms with van der Waals surface area (Å²) in [5.41, 5.74) is 11.5. The van der Waals surface area contributed by atoms with Crippen LogP contribution in [0.15, 0.2) is 12.3 Å². The van der Waals surface area contributed by atoms with Gasteiger partial charge in [0, 0.05) is 18.5 Å². The van der Waals surface area contributed by atoms with E-state index in [-0.39, 0.29) is 0 Å². The van der Waals surface area contributed by atoms with Crippen LogP contribution in [0.2, 0.25) is 0 Å². The minimum absolute atomic E-state index is 0.596. The predicted molar refractivity (Wildman–Crippen MR) is 40.9 cm³/mol. The smallest absolute Gasteiger partial charge is 0.126 e. The summed E-state index contributed by atoms with van der Waals surface area (Å²) >= 11 is 0. The molecule has 4 nitrogen and oxygen atoms in total. The lowest BCUT2D eigenvalue weighted by molar-refractivity contribution is 0.919. The zero-order chi connectivity index (χ0) is 7.56. The Kier molecular flexibility index (Phi) is 1.62. The fourth-order valence-corrected chi connectivity index (χ4v) is 0.738. The van der Waals surface area contributed by atoms with Crippen LogP contribution in [0.5, 0.6) is 0 Å². The van der Waals surface area contributed by atoms with Gasteiger partial charge in [0.25, 0.3) is 0 Å². The van der Waals surface area contributed by atoms with Crippen molar-refractivity contribution in [3.05, 3.63) is 18.0 Å². The van der Waals surface area contributed by atoms with Gasteiger partial charge in [0.2, 0.25) is 0 Å². The molecule has 1 aromatic heterocycles. The van der Waals surface area contributed by atoms with Crippen LogP contribution in [0.1, 0.15) is 5.69 Å². The predicted octanol–water partition coefficient (Wildman–Crippen LogP) is 0.161. The number of aryl methyl sites for hydroxylation is 1. The third-order valence-electron chi connectivity index (χ3n) is 1.11. The van der Waals surface area contributed by atoms with Gasteiger partial charge in [-0.1, -0.05) is 0 Å². The molecular formula is C6H10N4. The molecule has 4 heteroatoms. The van der Waals surface area contributed by atoms with Crippen molar-refractivity contribution in [1.82, 2.24) is 9.78 Å². The number of nitrogens with two attached hydrogens (primary N) is 2. The molecule has 0 aliphatic carbocycles. The van der Waals surface area contributed by atoms with Gasteiger partial charge in [-0.2, -0.15) is 5.10 Å². The summed E-state index contributed by atoms with van der Waals surface area (Å²) in [5.74, 6) is 0.596. The van der Waals surface area contributed by atoms with Crippen LogP contribution in [0.3, 0.4) is 0 Å². The second-order valence-corrected chi connectivity index (χ2v) is 2.00. The van der Waals surface area contributed by atoms with Gasteiger partial charge in [0.15, 0.2) is 0 Å². The maximum atomic E-state index is 5.52. The first-order chi connectivity index (χ1) is 4.74. The van der Waals surface area contributed by atoms with Crippen LogP contribution in [0.4, 0.5) is 5.82 Å². The number of nitrogens with zero attached hydrogens (tertiary/aromatic N) is 2. The minimum Gasteiger partial charge on any atom is -0.403 e. The number of anilines is 1. The SMILES string of the molecule is Cc1cc(N)n(/C=C\N)n1. The van der Waals surface area contributed by atoms with Gasteiger partial charge in [0.05, 0.1) is 5.69 Å². The van der Waals surface area contributed by atoms with Crippen LogP contribution in [-0.4, -0.2) is 9.78 Å². The van der Waals surface area contributed by atoms with Crippen molar-refractivity contribution in [2.75, 3.05) is 5.73 Å². The van der Waals surface area contributed by atoms with Gasteiger partial charge in [-0.05, 0) is 6.92 Å². The molecule has 0 aliphatic heterocycles. The fourth-order valence-electron chi connectivity index (χ4n) is 0.738. The lowest BCUT2D eigenvalue weighted by atomic mass is 10.5. The topological polar surface area (TPSA) is 69.9 Å². The molecule has 0 saturated heterocycles. The Labute approximate surface area is 59.1 Å². The normalized spacial score (nSPS) is 10.9. The fraction of sp³-hybridized carbons (Fsp3) is 0.167. The number of rotatable bonds is 1. The highest BCUT2D eigenvalue weighted by molar-refractivity contribution is 5.39. The molecule has 0 atom stereocenters. The zero-order valence-electron chi connectivity index (χ0n) is 5.78. The maximum Gasteiger partial charge on any atom is 0.126 e. The molecule has 0 spiro atoms.